The van der Waals surface area contributed by atoms with Crippen LogP contribution in [0, 0.1) is 11.8 Å². The quantitative estimate of drug-likeness (QED) is 0.752. The third kappa shape index (κ3) is 3.22. The van der Waals surface area contributed by atoms with E-state index in [0.717, 1.165) is 32.1 Å². The molecule has 2 N–H and O–H groups in total. The molecule has 0 saturated heterocycles. The van der Waals surface area contributed by atoms with E-state index < -0.39 is 12.0 Å². The smallest absolute Gasteiger partial charge is 0.326 e. The third-order valence-electron chi connectivity index (χ3n) is 3.50. The number of rotatable bonds is 5. The predicted molar refractivity (Wildman–Crippen MR) is 61.0 cm³/mol. The van der Waals surface area contributed by atoms with Crippen molar-refractivity contribution in [2.24, 2.45) is 11.8 Å². The Morgan fingerprint density at radius 3 is 2.38 bits per heavy atom. The van der Waals surface area contributed by atoms with E-state index in [2.05, 4.69) is 5.32 Å². The first-order valence-electron chi connectivity index (χ1n) is 6.09. The largest absolute Gasteiger partial charge is 0.480 e. The van der Waals surface area contributed by atoms with Crippen LogP contribution in [0.3, 0.4) is 0 Å². The van der Waals surface area contributed by atoms with Gasteiger partial charge in [-0.25, -0.2) is 4.79 Å². The number of amides is 1. The molecule has 4 heteroatoms. The highest BCUT2D eigenvalue weighted by Crippen LogP contribution is 2.25. The Bertz CT molecular complexity index is 259. The van der Waals surface area contributed by atoms with E-state index in [1.54, 1.807) is 0 Å². The van der Waals surface area contributed by atoms with Crippen LogP contribution in [0.1, 0.15) is 46.0 Å². The number of carboxylic acids is 1. The molecule has 0 aromatic heterocycles. The van der Waals surface area contributed by atoms with Gasteiger partial charge in [0.2, 0.25) is 5.91 Å². The highest BCUT2D eigenvalue weighted by molar-refractivity contribution is 5.85. The van der Waals surface area contributed by atoms with Gasteiger partial charge in [0.25, 0.3) is 0 Å². The van der Waals surface area contributed by atoms with Crippen molar-refractivity contribution in [1.82, 2.24) is 5.32 Å². The summed E-state index contributed by atoms with van der Waals surface area (Å²) in [5.41, 5.74) is 0. The lowest BCUT2D eigenvalue weighted by Gasteiger charge is -2.21. The lowest BCUT2D eigenvalue weighted by Crippen LogP contribution is -2.46. The van der Waals surface area contributed by atoms with Crippen LogP contribution in [0.2, 0.25) is 0 Å². The SMILES string of the molecule is CCC(C)[C@H](NC(=O)C1CCCC1)C(=O)O. The Morgan fingerprint density at radius 2 is 1.94 bits per heavy atom. The summed E-state index contributed by atoms with van der Waals surface area (Å²) < 4.78 is 0. The van der Waals surface area contributed by atoms with Gasteiger partial charge in [0.15, 0.2) is 0 Å². The van der Waals surface area contributed by atoms with Crippen LogP contribution in [0.4, 0.5) is 0 Å². The highest BCUT2D eigenvalue weighted by Gasteiger charge is 2.29. The van der Waals surface area contributed by atoms with Gasteiger partial charge in [-0.1, -0.05) is 33.1 Å². The monoisotopic (exact) mass is 227 g/mol. The average molecular weight is 227 g/mol. The minimum absolute atomic E-state index is 0.0251. The number of hydrogen-bond donors (Lipinski definition) is 2. The molecule has 0 radical (unpaired) electrons. The van der Waals surface area contributed by atoms with Gasteiger partial charge in [0.1, 0.15) is 6.04 Å². The van der Waals surface area contributed by atoms with Crippen molar-refractivity contribution in [2.45, 2.75) is 52.0 Å². The number of aliphatic carboxylic acids is 1. The zero-order valence-electron chi connectivity index (χ0n) is 10.0. The molecule has 92 valence electrons. The number of hydrogen-bond acceptors (Lipinski definition) is 2. The summed E-state index contributed by atoms with van der Waals surface area (Å²) >= 11 is 0. The first-order valence-corrected chi connectivity index (χ1v) is 6.09. The summed E-state index contributed by atoms with van der Waals surface area (Å²) in [4.78, 5) is 22.8. The number of carbonyl (C=O) groups excluding carboxylic acids is 1. The molecular weight excluding hydrogens is 206 g/mol. The van der Waals surface area contributed by atoms with E-state index in [1.165, 1.54) is 0 Å². The molecular formula is C12H21NO3. The predicted octanol–water partition coefficient (Wildman–Crippen LogP) is 1.79. The molecule has 0 aromatic rings. The first kappa shape index (κ1) is 13.0. The molecule has 16 heavy (non-hydrogen) atoms. The van der Waals surface area contributed by atoms with Crippen LogP contribution in [-0.2, 0) is 9.59 Å². The van der Waals surface area contributed by atoms with Gasteiger partial charge in [-0.3, -0.25) is 4.79 Å². The lowest BCUT2D eigenvalue weighted by atomic mass is 9.98. The van der Waals surface area contributed by atoms with E-state index in [-0.39, 0.29) is 17.7 Å². The maximum atomic E-state index is 11.8. The van der Waals surface area contributed by atoms with E-state index in [9.17, 15) is 9.59 Å². The Kier molecular flexibility index (Phi) is 4.77. The van der Waals surface area contributed by atoms with Crippen LogP contribution in [0.25, 0.3) is 0 Å². The van der Waals surface area contributed by atoms with Crippen molar-refractivity contribution >= 4 is 11.9 Å². The molecule has 2 atom stereocenters. The standard InChI is InChI=1S/C12H21NO3/c1-3-8(2)10(12(15)16)13-11(14)9-6-4-5-7-9/h8-10H,3-7H2,1-2H3,(H,13,14)(H,15,16)/t8?,10-/m0/s1. The zero-order valence-corrected chi connectivity index (χ0v) is 10.0. The number of carboxylic acid groups (broad SMARTS) is 1. The minimum Gasteiger partial charge on any atom is -0.480 e. The van der Waals surface area contributed by atoms with Gasteiger partial charge in [-0.05, 0) is 18.8 Å². The molecule has 1 amide bonds. The van der Waals surface area contributed by atoms with Crippen molar-refractivity contribution in [1.29, 1.82) is 0 Å². The summed E-state index contributed by atoms with van der Waals surface area (Å²) in [7, 11) is 0. The van der Waals surface area contributed by atoms with E-state index in [0.29, 0.717) is 0 Å². The Labute approximate surface area is 96.4 Å². The maximum Gasteiger partial charge on any atom is 0.326 e. The van der Waals surface area contributed by atoms with Crippen LogP contribution in [0.15, 0.2) is 0 Å². The molecule has 1 aliphatic carbocycles. The summed E-state index contributed by atoms with van der Waals surface area (Å²) in [6.07, 6.45) is 4.72. The maximum absolute atomic E-state index is 11.8. The normalized spacial score (nSPS) is 20.4. The van der Waals surface area contributed by atoms with Crippen LogP contribution < -0.4 is 5.32 Å². The summed E-state index contributed by atoms with van der Waals surface area (Å²) in [6.45, 7) is 3.79. The van der Waals surface area contributed by atoms with Gasteiger partial charge >= 0.3 is 5.97 Å². The van der Waals surface area contributed by atoms with Crippen LogP contribution in [-0.4, -0.2) is 23.0 Å². The van der Waals surface area contributed by atoms with Gasteiger partial charge in [-0.2, -0.15) is 0 Å². The zero-order chi connectivity index (χ0) is 12.1. The topological polar surface area (TPSA) is 66.4 Å². The second-order valence-corrected chi connectivity index (χ2v) is 4.69. The molecule has 0 bridgehead atoms. The van der Waals surface area contributed by atoms with E-state index in [4.69, 9.17) is 5.11 Å². The van der Waals surface area contributed by atoms with Gasteiger partial charge in [0.05, 0.1) is 0 Å². The molecule has 0 aliphatic heterocycles. The number of carbonyl (C=O) groups is 2. The minimum atomic E-state index is -0.930. The van der Waals surface area contributed by atoms with Crippen LogP contribution in [0.5, 0.6) is 0 Å². The molecule has 1 aliphatic rings. The molecule has 0 spiro atoms. The summed E-state index contributed by atoms with van der Waals surface area (Å²) in [5.74, 6) is -1.00. The molecule has 4 nitrogen and oxygen atoms in total. The Balaban J connectivity index is 2.53. The van der Waals surface area contributed by atoms with Gasteiger partial charge in [-0.15, -0.1) is 0 Å². The fourth-order valence-electron chi connectivity index (χ4n) is 2.14. The summed E-state index contributed by atoms with van der Waals surface area (Å²) in [6, 6.07) is -0.738. The Hall–Kier alpha value is -1.06. The molecule has 0 heterocycles. The molecule has 1 fully saturated rings. The fourth-order valence-corrected chi connectivity index (χ4v) is 2.14. The molecule has 0 aromatic carbocycles. The number of nitrogens with one attached hydrogen (secondary N) is 1. The van der Waals surface area contributed by atoms with Gasteiger partial charge < -0.3 is 10.4 Å². The van der Waals surface area contributed by atoms with Crippen molar-refractivity contribution in [2.75, 3.05) is 0 Å². The molecule has 1 rings (SSSR count). The first-order chi connectivity index (χ1) is 7.56. The van der Waals surface area contributed by atoms with Crippen LogP contribution >= 0.6 is 0 Å². The van der Waals surface area contributed by atoms with Crippen molar-refractivity contribution in [3.05, 3.63) is 0 Å². The third-order valence-corrected chi connectivity index (χ3v) is 3.50. The van der Waals surface area contributed by atoms with E-state index in [1.807, 2.05) is 13.8 Å². The highest BCUT2D eigenvalue weighted by atomic mass is 16.4. The second kappa shape index (κ2) is 5.87. The molecule has 1 unspecified atom stereocenters. The lowest BCUT2D eigenvalue weighted by molar-refractivity contribution is -0.144. The van der Waals surface area contributed by atoms with Crippen molar-refractivity contribution < 1.29 is 14.7 Å². The Morgan fingerprint density at radius 1 is 1.38 bits per heavy atom. The van der Waals surface area contributed by atoms with E-state index >= 15 is 0 Å². The molecule has 1 saturated carbocycles. The average Bonchev–Trinajstić information content (AvgIpc) is 2.77. The second-order valence-electron chi connectivity index (χ2n) is 4.69. The summed E-state index contributed by atoms with van der Waals surface area (Å²) in [5, 5.41) is 11.7. The van der Waals surface area contributed by atoms with Crippen molar-refractivity contribution in [3.63, 3.8) is 0 Å². The fraction of sp³-hybridized carbons (Fsp3) is 0.833. The van der Waals surface area contributed by atoms with Gasteiger partial charge in [0, 0.05) is 5.92 Å². The van der Waals surface area contributed by atoms with Crippen molar-refractivity contribution in [3.8, 4) is 0 Å².